The van der Waals surface area contributed by atoms with Crippen LogP contribution in [0, 0.1) is 5.82 Å². The number of halogens is 1. The van der Waals surface area contributed by atoms with Gasteiger partial charge in [0.1, 0.15) is 5.82 Å². The van der Waals surface area contributed by atoms with E-state index in [2.05, 4.69) is 5.32 Å². The van der Waals surface area contributed by atoms with E-state index in [1.807, 2.05) is 0 Å². The fourth-order valence-electron chi connectivity index (χ4n) is 2.99. The lowest BCUT2D eigenvalue weighted by Crippen LogP contribution is -2.35. The van der Waals surface area contributed by atoms with Crippen molar-refractivity contribution in [2.75, 3.05) is 18.0 Å². The third kappa shape index (κ3) is 4.26. The standard InChI is InChI=1S/C20H21FN2O3/c21-16-5-3-4-15(12-16)18(24)13-22-20(26)14-7-9-17(10-8-14)23-11-2-1-6-19(23)25/h3-5,7-10,12,18,24H,1-2,6,11,13H2,(H,22,26). The summed E-state index contributed by atoms with van der Waals surface area (Å²) in [5, 5.41) is 12.7. The Balaban J connectivity index is 1.58. The van der Waals surface area contributed by atoms with Gasteiger partial charge in [-0.05, 0) is 54.8 Å². The summed E-state index contributed by atoms with van der Waals surface area (Å²) in [4.78, 5) is 25.9. The first kappa shape index (κ1) is 18.1. The molecule has 0 saturated carbocycles. The van der Waals surface area contributed by atoms with E-state index >= 15 is 0 Å². The number of nitrogens with one attached hydrogen (secondary N) is 1. The molecule has 0 bridgehead atoms. The minimum Gasteiger partial charge on any atom is -0.387 e. The molecule has 0 spiro atoms. The van der Waals surface area contributed by atoms with Gasteiger partial charge in [-0.3, -0.25) is 9.59 Å². The molecule has 0 radical (unpaired) electrons. The quantitative estimate of drug-likeness (QED) is 0.866. The molecular formula is C20H21FN2O3. The molecule has 2 aromatic rings. The molecule has 0 aromatic heterocycles. The van der Waals surface area contributed by atoms with Crippen LogP contribution in [0.1, 0.15) is 41.3 Å². The van der Waals surface area contributed by atoms with Crippen molar-refractivity contribution in [2.24, 2.45) is 0 Å². The molecule has 5 nitrogen and oxygen atoms in total. The number of amides is 2. The van der Waals surface area contributed by atoms with E-state index in [-0.39, 0.29) is 18.4 Å². The summed E-state index contributed by atoms with van der Waals surface area (Å²) >= 11 is 0. The highest BCUT2D eigenvalue weighted by molar-refractivity contribution is 5.96. The highest BCUT2D eigenvalue weighted by Gasteiger charge is 2.19. The van der Waals surface area contributed by atoms with E-state index in [0.29, 0.717) is 24.1 Å². The summed E-state index contributed by atoms with van der Waals surface area (Å²) in [7, 11) is 0. The van der Waals surface area contributed by atoms with E-state index < -0.39 is 11.9 Å². The summed E-state index contributed by atoms with van der Waals surface area (Å²) in [5.41, 5.74) is 1.62. The predicted octanol–water partition coefficient (Wildman–Crippen LogP) is 2.81. The van der Waals surface area contributed by atoms with Crippen LogP contribution in [0.4, 0.5) is 10.1 Å². The fourth-order valence-corrected chi connectivity index (χ4v) is 2.99. The number of aliphatic hydroxyl groups excluding tert-OH is 1. The normalized spacial score (nSPS) is 15.6. The van der Waals surface area contributed by atoms with Crippen LogP contribution in [0.5, 0.6) is 0 Å². The Labute approximate surface area is 151 Å². The molecule has 2 aromatic carbocycles. The van der Waals surface area contributed by atoms with Crippen molar-refractivity contribution in [1.29, 1.82) is 0 Å². The number of hydrogen-bond acceptors (Lipinski definition) is 3. The highest BCUT2D eigenvalue weighted by Crippen LogP contribution is 2.21. The third-order valence-corrected chi connectivity index (χ3v) is 4.45. The average Bonchev–Trinajstić information content (AvgIpc) is 2.66. The molecule has 3 rings (SSSR count). The SMILES string of the molecule is O=C(NCC(O)c1cccc(F)c1)c1ccc(N2CCCCC2=O)cc1. The van der Waals surface area contributed by atoms with E-state index in [1.54, 1.807) is 35.2 Å². The monoisotopic (exact) mass is 356 g/mol. The zero-order valence-corrected chi connectivity index (χ0v) is 14.3. The number of piperidine rings is 1. The van der Waals surface area contributed by atoms with Crippen molar-refractivity contribution in [3.8, 4) is 0 Å². The first-order valence-corrected chi connectivity index (χ1v) is 8.67. The summed E-state index contributed by atoms with van der Waals surface area (Å²) in [6.45, 7) is 0.679. The van der Waals surface area contributed by atoms with Crippen molar-refractivity contribution in [2.45, 2.75) is 25.4 Å². The van der Waals surface area contributed by atoms with Gasteiger partial charge in [0.25, 0.3) is 5.91 Å². The number of aliphatic hydroxyl groups is 1. The second kappa shape index (κ2) is 8.10. The van der Waals surface area contributed by atoms with Gasteiger partial charge >= 0.3 is 0 Å². The van der Waals surface area contributed by atoms with Crippen molar-refractivity contribution >= 4 is 17.5 Å². The van der Waals surface area contributed by atoms with Gasteiger partial charge in [-0.2, -0.15) is 0 Å². The van der Waals surface area contributed by atoms with Gasteiger partial charge in [0.15, 0.2) is 0 Å². The summed E-state index contributed by atoms with van der Waals surface area (Å²) < 4.78 is 13.2. The van der Waals surface area contributed by atoms with Crippen LogP contribution in [0.3, 0.4) is 0 Å². The first-order chi connectivity index (χ1) is 12.5. The number of rotatable bonds is 5. The van der Waals surface area contributed by atoms with Crippen LogP contribution < -0.4 is 10.2 Å². The molecular weight excluding hydrogens is 335 g/mol. The zero-order valence-electron chi connectivity index (χ0n) is 14.3. The first-order valence-electron chi connectivity index (χ1n) is 8.67. The molecule has 6 heteroatoms. The number of carbonyl (C=O) groups is 2. The highest BCUT2D eigenvalue weighted by atomic mass is 19.1. The molecule has 2 amide bonds. The van der Waals surface area contributed by atoms with Gasteiger partial charge in [0, 0.05) is 30.8 Å². The Bertz CT molecular complexity index is 792. The Hall–Kier alpha value is -2.73. The molecule has 1 saturated heterocycles. The number of carbonyl (C=O) groups excluding carboxylic acids is 2. The average molecular weight is 356 g/mol. The Morgan fingerprint density at radius 1 is 1.19 bits per heavy atom. The number of hydrogen-bond donors (Lipinski definition) is 2. The lowest BCUT2D eigenvalue weighted by molar-refractivity contribution is -0.119. The molecule has 1 atom stereocenters. The molecule has 1 aliphatic heterocycles. The van der Waals surface area contributed by atoms with Crippen molar-refractivity contribution in [3.05, 3.63) is 65.5 Å². The number of nitrogens with zero attached hydrogens (tertiary/aromatic N) is 1. The van der Waals surface area contributed by atoms with E-state index in [1.165, 1.54) is 18.2 Å². The molecule has 1 aliphatic rings. The van der Waals surface area contributed by atoms with Gasteiger partial charge in [-0.1, -0.05) is 12.1 Å². The second-order valence-corrected chi connectivity index (χ2v) is 6.33. The van der Waals surface area contributed by atoms with Crippen LogP contribution in [-0.4, -0.2) is 30.0 Å². The van der Waals surface area contributed by atoms with Gasteiger partial charge in [0.2, 0.25) is 5.91 Å². The van der Waals surface area contributed by atoms with Crippen LogP contribution in [0.25, 0.3) is 0 Å². The van der Waals surface area contributed by atoms with Gasteiger partial charge in [-0.15, -0.1) is 0 Å². The third-order valence-electron chi connectivity index (χ3n) is 4.45. The van der Waals surface area contributed by atoms with Crippen molar-refractivity contribution in [1.82, 2.24) is 5.32 Å². The smallest absolute Gasteiger partial charge is 0.251 e. The van der Waals surface area contributed by atoms with Crippen LogP contribution >= 0.6 is 0 Å². The summed E-state index contributed by atoms with van der Waals surface area (Å²) in [6, 6.07) is 12.5. The van der Waals surface area contributed by atoms with Gasteiger partial charge in [-0.25, -0.2) is 4.39 Å². The van der Waals surface area contributed by atoms with Crippen molar-refractivity contribution in [3.63, 3.8) is 0 Å². The van der Waals surface area contributed by atoms with Gasteiger partial charge in [0.05, 0.1) is 6.10 Å². The lowest BCUT2D eigenvalue weighted by Gasteiger charge is -2.26. The topological polar surface area (TPSA) is 69.6 Å². The molecule has 0 aliphatic carbocycles. The second-order valence-electron chi connectivity index (χ2n) is 6.33. The summed E-state index contributed by atoms with van der Waals surface area (Å²) in [6.07, 6.45) is 1.47. The molecule has 1 unspecified atom stereocenters. The van der Waals surface area contributed by atoms with E-state index in [4.69, 9.17) is 0 Å². The largest absolute Gasteiger partial charge is 0.387 e. The van der Waals surface area contributed by atoms with Crippen LogP contribution in [-0.2, 0) is 4.79 Å². The summed E-state index contributed by atoms with van der Waals surface area (Å²) in [5.74, 6) is -0.667. The number of anilines is 1. The molecule has 1 fully saturated rings. The fraction of sp³-hybridized carbons (Fsp3) is 0.300. The number of benzene rings is 2. The molecule has 26 heavy (non-hydrogen) atoms. The molecule has 1 heterocycles. The van der Waals surface area contributed by atoms with Crippen molar-refractivity contribution < 1.29 is 19.1 Å². The van der Waals surface area contributed by atoms with Crippen LogP contribution in [0.2, 0.25) is 0 Å². The molecule has 2 N–H and O–H groups in total. The zero-order chi connectivity index (χ0) is 18.5. The minimum absolute atomic E-state index is 0.0192. The maximum absolute atomic E-state index is 13.2. The van der Waals surface area contributed by atoms with Gasteiger partial charge < -0.3 is 15.3 Å². The van der Waals surface area contributed by atoms with E-state index in [0.717, 1.165) is 18.5 Å². The Morgan fingerprint density at radius 2 is 1.96 bits per heavy atom. The Kier molecular flexibility index (Phi) is 5.63. The minimum atomic E-state index is -0.986. The van der Waals surface area contributed by atoms with E-state index in [9.17, 15) is 19.1 Å². The maximum atomic E-state index is 13.2. The lowest BCUT2D eigenvalue weighted by atomic mass is 10.1. The van der Waals surface area contributed by atoms with Crippen LogP contribution in [0.15, 0.2) is 48.5 Å². The maximum Gasteiger partial charge on any atom is 0.251 e. The molecule has 136 valence electrons. The Morgan fingerprint density at radius 3 is 2.65 bits per heavy atom. The predicted molar refractivity (Wildman–Crippen MR) is 96.3 cm³/mol.